The second-order valence-electron chi connectivity index (χ2n) is 5.88. The number of nitrogens with zero attached hydrogens (tertiary/aromatic N) is 1. The first-order valence-corrected chi connectivity index (χ1v) is 11.3. The average molecular weight is 477 g/mol. The van der Waals surface area contributed by atoms with Crippen molar-refractivity contribution in [1.29, 1.82) is 0 Å². The molecule has 11 heteroatoms. The van der Waals surface area contributed by atoms with Crippen LogP contribution in [0.4, 0.5) is 5.69 Å². The number of sulfonamides is 1. The van der Waals surface area contributed by atoms with Gasteiger partial charge in [0.25, 0.3) is 5.91 Å². The SMILES string of the molecule is CN(C)S(=O)(=O)c1cc(NC(=O)COC(=O)CSc2ccc(Cl)cc2)ccc1Cl. The van der Waals surface area contributed by atoms with Gasteiger partial charge in [-0.15, -0.1) is 11.8 Å². The molecule has 0 aromatic heterocycles. The minimum absolute atomic E-state index is 0.0289. The Bertz CT molecular complexity index is 996. The molecule has 0 bridgehead atoms. The number of esters is 1. The summed E-state index contributed by atoms with van der Waals surface area (Å²) in [6.45, 7) is -0.502. The van der Waals surface area contributed by atoms with Crippen LogP contribution in [0.2, 0.25) is 10.0 Å². The van der Waals surface area contributed by atoms with Gasteiger partial charge in [-0.2, -0.15) is 0 Å². The van der Waals surface area contributed by atoms with Crippen LogP contribution in [0.3, 0.4) is 0 Å². The molecule has 7 nitrogen and oxygen atoms in total. The molecule has 0 aliphatic carbocycles. The van der Waals surface area contributed by atoms with Gasteiger partial charge in [0.2, 0.25) is 10.0 Å². The Kier molecular flexibility index (Phi) is 8.35. The summed E-state index contributed by atoms with van der Waals surface area (Å²) >= 11 is 13.0. The van der Waals surface area contributed by atoms with Crippen molar-refractivity contribution in [3.05, 3.63) is 52.5 Å². The average Bonchev–Trinajstić information content (AvgIpc) is 2.67. The molecular formula is C18H18Cl2N2O5S2. The summed E-state index contributed by atoms with van der Waals surface area (Å²) in [5.74, 6) is -1.14. The number of anilines is 1. The van der Waals surface area contributed by atoms with Crippen molar-refractivity contribution < 1.29 is 22.7 Å². The van der Waals surface area contributed by atoms with Crippen molar-refractivity contribution in [1.82, 2.24) is 4.31 Å². The molecule has 29 heavy (non-hydrogen) atoms. The minimum Gasteiger partial charge on any atom is -0.455 e. The number of hydrogen-bond acceptors (Lipinski definition) is 6. The van der Waals surface area contributed by atoms with Crippen LogP contribution in [-0.2, 0) is 24.3 Å². The van der Waals surface area contributed by atoms with Crippen LogP contribution in [0.15, 0.2) is 52.3 Å². The molecule has 1 amide bonds. The monoisotopic (exact) mass is 476 g/mol. The van der Waals surface area contributed by atoms with E-state index in [0.29, 0.717) is 5.02 Å². The van der Waals surface area contributed by atoms with Gasteiger partial charge < -0.3 is 10.1 Å². The molecule has 0 radical (unpaired) electrons. The number of ether oxygens (including phenoxy) is 1. The Morgan fingerprint density at radius 1 is 1.10 bits per heavy atom. The van der Waals surface area contributed by atoms with Gasteiger partial charge in [0.05, 0.1) is 10.8 Å². The number of carbonyl (C=O) groups excluding carboxylic acids is 2. The Labute approximate surface area is 183 Å². The van der Waals surface area contributed by atoms with Crippen LogP contribution in [0, 0.1) is 0 Å². The largest absolute Gasteiger partial charge is 0.455 e. The zero-order valence-electron chi connectivity index (χ0n) is 15.5. The highest BCUT2D eigenvalue weighted by Gasteiger charge is 2.21. The Hall–Kier alpha value is -1.78. The van der Waals surface area contributed by atoms with Crippen LogP contribution >= 0.6 is 35.0 Å². The third-order valence-electron chi connectivity index (χ3n) is 3.51. The van der Waals surface area contributed by atoms with Gasteiger partial charge in [-0.1, -0.05) is 23.2 Å². The van der Waals surface area contributed by atoms with Crippen molar-refractivity contribution in [2.45, 2.75) is 9.79 Å². The lowest BCUT2D eigenvalue weighted by atomic mass is 10.3. The van der Waals surface area contributed by atoms with Gasteiger partial charge in [-0.25, -0.2) is 12.7 Å². The van der Waals surface area contributed by atoms with Crippen molar-refractivity contribution in [3.63, 3.8) is 0 Å². The molecule has 0 spiro atoms. The van der Waals surface area contributed by atoms with Gasteiger partial charge in [-0.05, 0) is 42.5 Å². The minimum atomic E-state index is -3.77. The standard InChI is InChI=1S/C18H18Cl2N2O5S2/c1-22(2)29(25,26)16-9-13(5-8-15(16)20)21-17(23)10-27-18(24)11-28-14-6-3-12(19)4-7-14/h3-9H,10-11H2,1-2H3,(H,21,23). The number of halogens is 2. The fourth-order valence-electron chi connectivity index (χ4n) is 2.03. The number of thioether (sulfide) groups is 1. The maximum atomic E-state index is 12.3. The first kappa shape index (κ1) is 23.5. The van der Waals surface area contributed by atoms with E-state index in [1.165, 1.54) is 44.1 Å². The van der Waals surface area contributed by atoms with Crippen LogP contribution in [0.25, 0.3) is 0 Å². The predicted octanol–water partition coefficient (Wildman–Crippen LogP) is 3.52. The molecule has 0 saturated carbocycles. The molecule has 0 aliphatic rings. The molecule has 0 atom stereocenters. The lowest BCUT2D eigenvalue weighted by Crippen LogP contribution is -2.24. The third kappa shape index (κ3) is 6.90. The van der Waals surface area contributed by atoms with Crippen molar-refractivity contribution in [3.8, 4) is 0 Å². The number of rotatable bonds is 8. The van der Waals surface area contributed by atoms with Gasteiger partial charge >= 0.3 is 5.97 Å². The lowest BCUT2D eigenvalue weighted by Gasteiger charge is -2.14. The maximum Gasteiger partial charge on any atom is 0.316 e. The lowest BCUT2D eigenvalue weighted by molar-refractivity contribution is -0.144. The summed E-state index contributed by atoms with van der Waals surface area (Å²) in [5.41, 5.74) is 0.214. The fourth-order valence-corrected chi connectivity index (χ4v) is 4.25. The predicted molar refractivity (Wildman–Crippen MR) is 114 cm³/mol. The zero-order chi connectivity index (χ0) is 21.6. The van der Waals surface area contributed by atoms with E-state index in [0.717, 1.165) is 9.20 Å². The third-order valence-corrected chi connectivity index (χ3v) is 7.04. The summed E-state index contributed by atoms with van der Waals surface area (Å²) in [6, 6.07) is 11.0. The van der Waals surface area contributed by atoms with Crippen molar-refractivity contribution in [2.75, 3.05) is 31.8 Å². The number of hydrogen-bond donors (Lipinski definition) is 1. The normalized spacial score (nSPS) is 11.3. The molecule has 0 fully saturated rings. The maximum absolute atomic E-state index is 12.3. The highest BCUT2D eigenvalue weighted by molar-refractivity contribution is 8.00. The molecule has 1 N–H and O–H groups in total. The van der Waals surface area contributed by atoms with E-state index in [4.69, 9.17) is 27.9 Å². The van der Waals surface area contributed by atoms with E-state index < -0.39 is 28.5 Å². The van der Waals surface area contributed by atoms with Gasteiger partial charge in [0.15, 0.2) is 6.61 Å². The quantitative estimate of drug-likeness (QED) is 0.462. The molecule has 156 valence electrons. The van der Waals surface area contributed by atoms with E-state index in [-0.39, 0.29) is 21.4 Å². The Morgan fingerprint density at radius 3 is 2.38 bits per heavy atom. The molecule has 2 rings (SSSR count). The number of nitrogens with one attached hydrogen (secondary N) is 1. The summed E-state index contributed by atoms with van der Waals surface area (Å²) < 4.78 is 30.5. The van der Waals surface area contributed by atoms with Crippen LogP contribution < -0.4 is 5.32 Å². The van der Waals surface area contributed by atoms with Gasteiger partial charge in [0, 0.05) is 29.7 Å². The van der Waals surface area contributed by atoms with Crippen molar-refractivity contribution >= 4 is 62.6 Å². The molecule has 0 saturated heterocycles. The van der Waals surface area contributed by atoms with Gasteiger partial charge in [-0.3, -0.25) is 9.59 Å². The number of benzene rings is 2. The fraction of sp³-hybridized carbons (Fsp3) is 0.222. The second kappa shape index (κ2) is 10.3. The molecule has 2 aromatic carbocycles. The molecule has 0 heterocycles. The Balaban J connectivity index is 1.89. The van der Waals surface area contributed by atoms with Gasteiger partial charge in [0.1, 0.15) is 4.90 Å². The molecular weight excluding hydrogens is 459 g/mol. The molecule has 0 aliphatic heterocycles. The van der Waals surface area contributed by atoms with E-state index >= 15 is 0 Å². The molecule has 0 unspecified atom stereocenters. The van der Waals surface area contributed by atoms with E-state index in [9.17, 15) is 18.0 Å². The van der Waals surface area contributed by atoms with Crippen LogP contribution in [-0.4, -0.2) is 51.1 Å². The summed E-state index contributed by atoms with van der Waals surface area (Å²) in [5, 5.41) is 3.10. The Morgan fingerprint density at radius 2 is 1.76 bits per heavy atom. The highest BCUT2D eigenvalue weighted by Crippen LogP contribution is 2.27. The zero-order valence-corrected chi connectivity index (χ0v) is 18.7. The summed E-state index contributed by atoms with van der Waals surface area (Å²) in [4.78, 5) is 24.5. The summed E-state index contributed by atoms with van der Waals surface area (Å²) in [7, 11) is -1.03. The van der Waals surface area contributed by atoms with E-state index in [2.05, 4.69) is 5.32 Å². The van der Waals surface area contributed by atoms with E-state index in [1.54, 1.807) is 24.3 Å². The first-order valence-electron chi connectivity index (χ1n) is 8.15. The number of amides is 1. The molecule has 2 aromatic rings. The number of carbonyl (C=O) groups is 2. The second-order valence-corrected chi connectivity index (χ2v) is 9.90. The van der Waals surface area contributed by atoms with Crippen molar-refractivity contribution in [2.24, 2.45) is 0 Å². The summed E-state index contributed by atoms with van der Waals surface area (Å²) in [6.07, 6.45) is 0. The smallest absolute Gasteiger partial charge is 0.316 e. The van der Waals surface area contributed by atoms with Crippen LogP contribution in [0.1, 0.15) is 0 Å². The first-order chi connectivity index (χ1) is 13.6. The highest BCUT2D eigenvalue weighted by atomic mass is 35.5. The topological polar surface area (TPSA) is 92.8 Å². The van der Waals surface area contributed by atoms with E-state index in [1.807, 2.05) is 0 Å². The van der Waals surface area contributed by atoms with Crippen LogP contribution in [0.5, 0.6) is 0 Å².